The molecule has 0 saturated carbocycles. The first kappa shape index (κ1) is 15.1. The molecule has 0 heterocycles. The highest BCUT2D eigenvalue weighted by Crippen LogP contribution is 2.25. The fraction of sp³-hybridized carbons (Fsp3) is 0.500. The molecule has 0 aliphatic carbocycles. The number of thioether (sulfide) groups is 1. The monoisotopic (exact) mass is 267 g/mol. The number of carbonyl (C=O) groups excluding carboxylic acids is 1. The van der Waals surface area contributed by atoms with Crippen molar-refractivity contribution in [3.63, 3.8) is 0 Å². The quantitative estimate of drug-likeness (QED) is 0.658. The lowest BCUT2D eigenvalue weighted by Gasteiger charge is -2.19. The van der Waals surface area contributed by atoms with E-state index in [0.29, 0.717) is 12.4 Å². The van der Waals surface area contributed by atoms with Crippen LogP contribution in [0.1, 0.15) is 33.3 Å². The fourth-order valence-corrected chi connectivity index (χ4v) is 2.07. The Kier molecular flexibility index (Phi) is 5.69. The molecule has 0 aromatic heterocycles. The summed E-state index contributed by atoms with van der Waals surface area (Å²) >= 11 is 1.51. The summed E-state index contributed by atoms with van der Waals surface area (Å²) in [6.45, 7) is 8.87. The maximum Gasteiger partial charge on any atom is 0.253 e. The summed E-state index contributed by atoms with van der Waals surface area (Å²) in [7, 11) is 0. The maximum absolute atomic E-state index is 11.3. The van der Waals surface area contributed by atoms with Crippen molar-refractivity contribution in [1.82, 2.24) is 5.48 Å². The molecule has 1 N–H and O–H groups in total. The zero-order valence-corrected chi connectivity index (χ0v) is 12.3. The van der Waals surface area contributed by atoms with Crippen molar-refractivity contribution in [3.8, 4) is 0 Å². The fourth-order valence-electron chi connectivity index (χ4n) is 1.38. The van der Waals surface area contributed by atoms with Gasteiger partial charge in [0.1, 0.15) is 0 Å². The standard InChI is InChI=1S/C14H21NO2S/c1-5-17-15-13(16)10-18-12-8-6-11(7-9-12)14(2,3)4/h6-9H,5,10H2,1-4H3,(H,15,16). The van der Waals surface area contributed by atoms with Crippen LogP contribution in [-0.2, 0) is 15.0 Å². The first-order valence-corrected chi connectivity index (χ1v) is 7.06. The van der Waals surface area contributed by atoms with Gasteiger partial charge in [0.15, 0.2) is 0 Å². The average molecular weight is 267 g/mol. The number of hydrogen-bond donors (Lipinski definition) is 1. The first-order chi connectivity index (χ1) is 8.43. The summed E-state index contributed by atoms with van der Waals surface area (Å²) in [5, 5.41) is 0. The van der Waals surface area contributed by atoms with Crippen LogP contribution in [0.5, 0.6) is 0 Å². The van der Waals surface area contributed by atoms with E-state index in [4.69, 9.17) is 4.84 Å². The molecule has 1 rings (SSSR count). The van der Waals surface area contributed by atoms with Crippen molar-refractivity contribution < 1.29 is 9.63 Å². The van der Waals surface area contributed by atoms with Gasteiger partial charge in [-0.15, -0.1) is 11.8 Å². The molecule has 0 fully saturated rings. The average Bonchev–Trinajstić information content (AvgIpc) is 2.33. The summed E-state index contributed by atoms with van der Waals surface area (Å²) in [6, 6.07) is 8.34. The van der Waals surface area contributed by atoms with Crippen LogP contribution in [0.4, 0.5) is 0 Å². The van der Waals surface area contributed by atoms with Crippen LogP contribution in [0, 0.1) is 0 Å². The third-order valence-electron chi connectivity index (χ3n) is 2.42. The number of rotatable bonds is 5. The van der Waals surface area contributed by atoms with Gasteiger partial charge in [0.2, 0.25) is 0 Å². The summed E-state index contributed by atoms with van der Waals surface area (Å²) in [6.07, 6.45) is 0. The molecule has 4 heteroatoms. The third kappa shape index (κ3) is 5.10. The Bertz CT molecular complexity index is 382. The molecule has 18 heavy (non-hydrogen) atoms. The van der Waals surface area contributed by atoms with E-state index >= 15 is 0 Å². The number of hydrogen-bond acceptors (Lipinski definition) is 3. The molecular weight excluding hydrogens is 246 g/mol. The lowest BCUT2D eigenvalue weighted by Crippen LogP contribution is -2.25. The highest BCUT2D eigenvalue weighted by Gasteiger charge is 2.13. The van der Waals surface area contributed by atoms with Crippen LogP contribution in [0.3, 0.4) is 0 Å². The second kappa shape index (κ2) is 6.81. The van der Waals surface area contributed by atoms with Crippen LogP contribution in [0.2, 0.25) is 0 Å². The third-order valence-corrected chi connectivity index (χ3v) is 3.43. The van der Waals surface area contributed by atoms with Crippen molar-refractivity contribution >= 4 is 17.7 Å². The van der Waals surface area contributed by atoms with Gasteiger partial charge in [0, 0.05) is 4.90 Å². The molecule has 1 aromatic rings. The first-order valence-electron chi connectivity index (χ1n) is 6.07. The Morgan fingerprint density at radius 2 is 1.89 bits per heavy atom. The van der Waals surface area contributed by atoms with Gasteiger partial charge in [0.05, 0.1) is 12.4 Å². The number of hydroxylamine groups is 1. The SMILES string of the molecule is CCONC(=O)CSc1ccc(C(C)(C)C)cc1. The molecule has 3 nitrogen and oxygen atoms in total. The van der Waals surface area contributed by atoms with E-state index in [9.17, 15) is 4.79 Å². The minimum absolute atomic E-state index is 0.109. The number of amides is 1. The molecule has 100 valence electrons. The summed E-state index contributed by atoms with van der Waals surface area (Å²) in [4.78, 5) is 17.3. The van der Waals surface area contributed by atoms with Crippen molar-refractivity contribution in [2.75, 3.05) is 12.4 Å². The van der Waals surface area contributed by atoms with Crippen molar-refractivity contribution in [2.45, 2.75) is 38.0 Å². The van der Waals surface area contributed by atoms with Gasteiger partial charge in [0.25, 0.3) is 5.91 Å². The molecule has 0 spiro atoms. The number of nitrogens with one attached hydrogen (secondary N) is 1. The Labute approximate surface area is 113 Å². The Balaban J connectivity index is 2.47. The second-order valence-electron chi connectivity index (χ2n) is 5.02. The van der Waals surface area contributed by atoms with E-state index in [-0.39, 0.29) is 11.3 Å². The zero-order valence-electron chi connectivity index (χ0n) is 11.4. The smallest absolute Gasteiger partial charge is 0.253 e. The molecule has 1 aromatic carbocycles. The lowest BCUT2D eigenvalue weighted by atomic mass is 9.87. The van der Waals surface area contributed by atoms with Gasteiger partial charge in [-0.25, -0.2) is 5.48 Å². The van der Waals surface area contributed by atoms with E-state index in [1.807, 2.05) is 6.92 Å². The summed E-state index contributed by atoms with van der Waals surface area (Å²) in [5.74, 6) is 0.260. The second-order valence-corrected chi connectivity index (χ2v) is 6.07. The van der Waals surface area contributed by atoms with Crippen LogP contribution in [-0.4, -0.2) is 18.3 Å². The van der Waals surface area contributed by atoms with Gasteiger partial charge in [-0.05, 0) is 30.0 Å². The molecule has 1 amide bonds. The predicted octanol–water partition coefficient (Wildman–Crippen LogP) is 3.14. The molecular formula is C14H21NO2S. The minimum atomic E-state index is -0.109. The van der Waals surface area contributed by atoms with Crippen LogP contribution in [0.15, 0.2) is 29.2 Å². The van der Waals surface area contributed by atoms with E-state index in [1.54, 1.807) is 0 Å². The maximum atomic E-state index is 11.3. The van der Waals surface area contributed by atoms with Crippen LogP contribution >= 0.6 is 11.8 Å². The molecule has 0 aliphatic rings. The van der Waals surface area contributed by atoms with E-state index < -0.39 is 0 Å². The molecule has 0 saturated heterocycles. The minimum Gasteiger partial charge on any atom is -0.274 e. The normalized spacial score (nSPS) is 11.3. The summed E-state index contributed by atoms with van der Waals surface area (Å²) < 4.78 is 0. The zero-order chi connectivity index (χ0) is 13.6. The number of benzene rings is 1. The Hall–Kier alpha value is -1.00. The predicted molar refractivity (Wildman–Crippen MR) is 75.6 cm³/mol. The van der Waals surface area contributed by atoms with Gasteiger partial charge in [-0.3, -0.25) is 9.63 Å². The highest BCUT2D eigenvalue weighted by molar-refractivity contribution is 8.00. The molecule has 0 bridgehead atoms. The molecule has 0 unspecified atom stereocenters. The van der Waals surface area contributed by atoms with Crippen LogP contribution in [0.25, 0.3) is 0 Å². The Morgan fingerprint density at radius 1 is 1.28 bits per heavy atom. The van der Waals surface area contributed by atoms with E-state index in [1.165, 1.54) is 17.3 Å². The molecule has 0 atom stereocenters. The van der Waals surface area contributed by atoms with Crippen molar-refractivity contribution in [1.29, 1.82) is 0 Å². The molecule has 0 radical (unpaired) electrons. The van der Waals surface area contributed by atoms with E-state index in [2.05, 4.69) is 50.5 Å². The van der Waals surface area contributed by atoms with Gasteiger partial charge < -0.3 is 0 Å². The summed E-state index contributed by atoms with van der Waals surface area (Å²) in [5.41, 5.74) is 3.84. The highest BCUT2D eigenvalue weighted by atomic mass is 32.2. The number of carbonyl (C=O) groups is 1. The van der Waals surface area contributed by atoms with Crippen molar-refractivity contribution in [3.05, 3.63) is 29.8 Å². The van der Waals surface area contributed by atoms with Gasteiger partial charge in [-0.2, -0.15) is 0 Å². The van der Waals surface area contributed by atoms with Gasteiger partial charge in [-0.1, -0.05) is 32.9 Å². The molecule has 0 aliphatic heterocycles. The van der Waals surface area contributed by atoms with E-state index in [0.717, 1.165) is 4.90 Å². The van der Waals surface area contributed by atoms with Gasteiger partial charge >= 0.3 is 0 Å². The lowest BCUT2D eigenvalue weighted by molar-refractivity contribution is -0.130. The Morgan fingerprint density at radius 3 is 2.39 bits per heavy atom. The largest absolute Gasteiger partial charge is 0.274 e. The van der Waals surface area contributed by atoms with Crippen molar-refractivity contribution in [2.24, 2.45) is 0 Å². The topological polar surface area (TPSA) is 38.3 Å². The van der Waals surface area contributed by atoms with Crippen LogP contribution < -0.4 is 5.48 Å².